The first-order valence-corrected chi connectivity index (χ1v) is 7.48. The number of halogens is 1. The lowest BCUT2D eigenvalue weighted by Crippen LogP contribution is -2.03. The van der Waals surface area contributed by atoms with Gasteiger partial charge in [0.25, 0.3) is 0 Å². The Hall–Kier alpha value is -1.91. The summed E-state index contributed by atoms with van der Waals surface area (Å²) in [6.45, 7) is 0.779. The number of hydrogen-bond acceptors (Lipinski definition) is 2. The standard InChI is InChI=1S/C16H14ClN3S/c17-14-8-6-12(7-9-14)10-11-20-15(18-19-16(20)21)13-4-2-1-3-5-13/h1-9H,10-11H2,(H,19,21). The number of rotatable bonds is 4. The van der Waals surface area contributed by atoms with E-state index in [2.05, 4.69) is 10.2 Å². The second-order valence-corrected chi connectivity index (χ2v) is 5.57. The van der Waals surface area contributed by atoms with Gasteiger partial charge in [-0.15, -0.1) is 0 Å². The van der Waals surface area contributed by atoms with E-state index in [1.54, 1.807) is 0 Å². The average Bonchev–Trinajstić information content (AvgIpc) is 2.89. The van der Waals surface area contributed by atoms with Crippen molar-refractivity contribution in [3.8, 4) is 11.4 Å². The molecule has 0 aliphatic heterocycles. The molecule has 0 spiro atoms. The average molecular weight is 316 g/mol. The predicted molar refractivity (Wildman–Crippen MR) is 88.0 cm³/mol. The first-order valence-electron chi connectivity index (χ1n) is 6.69. The summed E-state index contributed by atoms with van der Waals surface area (Å²) in [5.41, 5.74) is 2.28. The summed E-state index contributed by atoms with van der Waals surface area (Å²) in [5, 5.41) is 7.97. The van der Waals surface area contributed by atoms with Crippen molar-refractivity contribution >= 4 is 23.8 Å². The molecule has 2 aromatic carbocycles. The summed E-state index contributed by atoms with van der Waals surface area (Å²) in [5.74, 6) is 0.870. The number of H-pyrrole nitrogens is 1. The van der Waals surface area contributed by atoms with Gasteiger partial charge in [0.15, 0.2) is 10.6 Å². The van der Waals surface area contributed by atoms with Crippen LogP contribution in [-0.2, 0) is 13.0 Å². The van der Waals surface area contributed by atoms with Crippen molar-refractivity contribution in [1.82, 2.24) is 14.8 Å². The fourth-order valence-corrected chi connectivity index (χ4v) is 2.57. The van der Waals surface area contributed by atoms with Crippen LogP contribution < -0.4 is 0 Å². The zero-order valence-corrected chi connectivity index (χ0v) is 12.9. The Labute approximate surface area is 133 Å². The van der Waals surface area contributed by atoms with Crippen molar-refractivity contribution in [2.75, 3.05) is 0 Å². The summed E-state index contributed by atoms with van der Waals surface area (Å²) >= 11 is 11.2. The van der Waals surface area contributed by atoms with Crippen molar-refractivity contribution in [2.45, 2.75) is 13.0 Å². The second-order valence-electron chi connectivity index (χ2n) is 4.75. The first kappa shape index (κ1) is 14.0. The van der Waals surface area contributed by atoms with Crippen LogP contribution in [0.5, 0.6) is 0 Å². The van der Waals surface area contributed by atoms with E-state index in [9.17, 15) is 0 Å². The summed E-state index contributed by atoms with van der Waals surface area (Å²) in [4.78, 5) is 0. The molecule has 0 aliphatic carbocycles. The van der Waals surface area contributed by atoms with Crippen LogP contribution in [0.25, 0.3) is 11.4 Å². The van der Waals surface area contributed by atoms with Crippen LogP contribution in [0.1, 0.15) is 5.56 Å². The van der Waals surface area contributed by atoms with Gasteiger partial charge < -0.3 is 0 Å². The molecule has 0 bridgehead atoms. The fraction of sp³-hybridized carbons (Fsp3) is 0.125. The molecule has 106 valence electrons. The Balaban J connectivity index is 1.84. The highest BCUT2D eigenvalue weighted by Gasteiger charge is 2.08. The molecule has 0 atom stereocenters. The molecule has 5 heteroatoms. The Morgan fingerprint density at radius 2 is 1.76 bits per heavy atom. The third-order valence-corrected chi connectivity index (χ3v) is 3.89. The monoisotopic (exact) mass is 315 g/mol. The van der Waals surface area contributed by atoms with Gasteiger partial charge in [-0.3, -0.25) is 9.67 Å². The van der Waals surface area contributed by atoms with Gasteiger partial charge in [0.1, 0.15) is 0 Å². The van der Waals surface area contributed by atoms with E-state index < -0.39 is 0 Å². The van der Waals surface area contributed by atoms with E-state index in [0.29, 0.717) is 4.77 Å². The van der Waals surface area contributed by atoms with Crippen LogP contribution in [0.4, 0.5) is 0 Å². The van der Waals surface area contributed by atoms with Crippen LogP contribution in [0.15, 0.2) is 54.6 Å². The number of aromatic nitrogens is 3. The summed E-state index contributed by atoms with van der Waals surface area (Å²) in [7, 11) is 0. The van der Waals surface area contributed by atoms with Gasteiger partial charge in [-0.2, -0.15) is 5.10 Å². The van der Waals surface area contributed by atoms with Crippen molar-refractivity contribution in [2.24, 2.45) is 0 Å². The molecule has 0 aliphatic rings. The molecule has 1 heterocycles. The quantitative estimate of drug-likeness (QED) is 0.719. The van der Waals surface area contributed by atoms with E-state index in [1.165, 1.54) is 5.56 Å². The van der Waals surface area contributed by atoms with Crippen molar-refractivity contribution in [1.29, 1.82) is 0 Å². The Bertz CT molecular complexity index is 775. The maximum atomic E-state index is 5.91. The highest BCUT2D eigenvalue weighted by atomic mass is 35.5. The molecule has 3 rings (SSSR count). The lowest BCUT2D eigenvalue weighted by molar-refractivity contribution is 0.692. The molecule has 21 heavy (non-hydrogen) atoms. The fourth-order valence-electron chi connectivity index (χ4n) is 2.22. The molecular formula is C16H14ClN3S. The number of nitrogens with zero attached hydrogens (tertiary/aromatic N) is 2. The minimum absolute atomic E-state index is 0.641. The molecule has 1 aromatic heterocycles. The Morgan fingerprint density at radius 1 is 1.05 bits per heavy atom. The molecule has 0 radical (unpaired) electrons. The van der Waals surface area contributed by atoms with E-state index >= 15 is 0 Å². The maximum absolute atomic E-state index is 5.91. The van der Waals surface area contributed by atoms with E-state index in [0.717, 1.165) is 29.4 Å². The van der Waals surface area contributed by atoms with Crippen LogP contribution in [0, 0.1) is 4.77 Å². The van der Waals surface area contributed by atoms with Gasteiger partial charge in [0.05, 0.1) is 0 Å². The van der Waals surface area contributed by atoms with Crippen LogP contribution in [-0.4, -0.2) is 14.8 Å². The second kappa shape index (κ2) is 6.24. The van der Waals surface area contributed by atoms with Crippen LogP contribution in [0.2, 0.25) is 5.02 Å². The van der Waals surface area contributed by atoms with Crippen molar-refractivity contribution < 1.29 is 0 Å². The highest BCUT2D eigenvalue weighted by molar-refractivity contribution is 7.71. The lowest BCUT2D eigenvalue weighted by atomic mass is 10.1. The van der Waals surface area contributed by atoms with Gasteiger partial charge >= 0.3 is 0 Å². The summed E-state index contributed by atoms with van der Waals surface area (Å²) < 4.78 is 2.67. The lowest BCUT2D eigenvalue weighted by Gasteiger charge is -2.07. The van der Waals surface area contributed by atoms with Gasteiger partial charge in [-0.05, 0) is 36.3 Å². The SMILES string of the molecule is S=c1[nH]nc(-c2ccccc2)n1CCc1ccc(Cl)cc1. The van der Waals surface area contributed by atoms with Gasteiger partial charge in [-0.1, -0.05) is 54.1 Å². The molecule has 3 nitrogen and oxygen atoms in total. The third-order valence-electron chi connectivity index (χ3n) is 3.33. The van der Waals surface area contributed by atoms with Gasteiger partial charge in [0, 0.05) is 17.1 Å². The number of aryl methyl sites for hydroxylation is 1. The molecule has 0 saturated heterocycles. The highest BCUT2D eigenvalue weighted by Crippen LogP contribution is 2.17. The smallest absolute Gasteiger partial charge is 0.195 e. The molecular weight excluding hydrogens is 302 g/mol. The van der Waals surface area contributed by atoms with E-state index in [4.69, 9.17) is 23.8 Å². The molecule has 0 unspecified atom stereocenters. The number of nitrogens with one attached hydrogen (secondary N) is 1. The van der Waals surface area contributed by atoms with Gasteiger partial charge in [-0.25, -0.2) is 0 Å². The van der Waals surface area contributed by atoms with Gasteiger partial charge in [0.2, 0.25) is 0 Å². The molecule has 0 fully saturated rings. The zero-order valence-electron chi connectivity index (χ0n) is 11.3. The molecule has 0 saturated carbocycles. The summed E-state index contributed by atoms with van der Waals surface area (Å²) in [6.07, 6.45) is 0.880. The number of hydrogen-bond donors (Lipinski definition) is 1. The van der Waals surface area contributed by atoms with Crippen LogP contribution in [0.3, 0.4) is 0 Å². The normalized spacial score (nSPS) is 10.7. The molecule has 0 amide bonds. The van der Waals surface area contributed by atoms with Crippen LogP contribution >= 0.6 is 23.8 Å². The number of benzene rings is 2. The summed E-state index contributed by atoms with van der Waals surface area (Å²) in [6, 6.07) is 17.9. The largest absolute Gasteiger partial charge is 0.300 e. The number of aromatic amines is 1. The Kier molecular flexibility index (Phi) is 4.18. The maximum Gasteiger partial charge on any atom is 0.195 e. The topological polar surface area (TPSA) is 33.6 Å². The predicted octanol–water partition coefficient (Wildman–Crippen LogP) is 4.50. The molecule has 1 N–H and O–H groups in total. The minimum atomic E-state index is 0.641. The first-order chi connectivity index (χ1) is 10.2. The van der Waals surface area contributed by atoms with E-state index in [1.807, 2.05) is 59.2 Å². The zero-order chi connectivity index (χ0) is 14.7. The Morgan fingerprint density at radius 3 is 2.48 bits per heavy atom. The van der Waals surface area contributed by atoms with Crippen molar-refractivity contribution in [3.05, 3.63) is 70.0 Å². The third kappa shape index (κ3) is 3.23. The van der Waals surface area contributed by atoms with Crippen molar-refractivity contribution in [3.63, 3.8) is 0 Å². The van der Waals surface area contributed by atoms with E-state index in [-0.39, 0.29) is 0 Å². The minimum Gasteiger partial charge on any atom is -0.300 e. The molecule has 3 aromatic rings.